The van der Waals surface area contributed by atoms with Crippen LogP contribution in [0, 0.1) is 5.82 Å². The van der Waals surface area contributed by atoms with Crippen molar-refractivity contribution in [3.8, 4) is 0 Å². The highest BCUT2D eigenvalue weighted by atomic mass is 32.1. The van der Waals surface area contributed by atoms with E-state index in [-0.39, 0.29) is 11.2 Å². The molecule has 23 heavy (non-hydrogen) atoms. The third-order valence-corrected chi connectivity index (χ3v) is 5.05. The van der Waals surface area contributed by atoms with Crippen LogP contribution >= 0.6 is 11.3 Å². The second kappa shape index (κ2) is 5.56. The third-order valence-electron chi connectivity index (χ3n) is 4.02. The monoisotopic (exact) mass is 344 g/mol. The molecule has 2 nitrogen and oxygen atoms in total. The number of thiazole rings is 1. The minimum atomic E-state index is -4.41. The van der Waals surface area contributed by atoms with Crippen molar-refractivity contribution in [3.63, 3.8) is 0 Å². The van der Waals surface area contributed by atoms with Crippen molar-refractivity contribution in [1.82, 2.24) is 9.88 Å². The van der Waals surface area contributed by atoms with Crippen molar-refractivity contribution in [3.05, 3.63) is 51.2 Å². The van der Waals surface area contributed by atoms with Gasteiger partial charge >= 0.3 is 6.18 Å². The Morgan fingerprint density at radius 2 is 2.04 bits per heavy atom. The Labute approximate surface area is 135 Å². The molecular formula is C16H16F4N2S. The highest BCUT2D eigenvalue weighted by Crippen LogP contribution is 2.37. The smallest absolute Gasteiger partial charge is 0.293 e. The summed E-state index contributed by atoms with van der Waals surface area (Å²) < 4.78 is 52.0. The van der Waals surface area contributed by atoms with Gasteiger partial charge in [-0.15, -0.1) is 11.3 Å². The largest absolute Gasteiger partial charge is 0.443 e. The second-order valence-electron chi connectivity index (χ2n) is 6.42. The molecule has 0 bridgehead atoms. The minimum Gasteiger partial charge on any atom is -0.293 e. The third kappa shape index (κ3) is 3.26. The molecule has 0 N–H and O–H groups in total. The average Bonchev–Trinajstić information content (AvgIpc) is 2.88. The fraction of sp³-hybridized carbons (Fsp3) is 0.438. The minimum absolute atomic E-state index is 0.257. The SMILES string of the molecule is CC1(C)CN(Cc2cnc(C(F)(F)F)s2)Cc2c(F)cccc21. The lowest BCUT2D eigenvalue weighted by Crippen LogP contribution is -2.42. The molecule has 0 aliphatic carbocycles. The van der Waals surface area contributed by atoms with Gasteiger partial charge in [0.25, 0.3) is 0 Å². The fourth-order valence-corrected chi connectivity index (χ4v) is 3.94. The number of fused-ring (bicyclic) bond motifs is 1. The zero-order valence-corrected chi connectivity index (χ0v) is 13.6. The highest BCUT2D eigenvalue weighted by molar-refractivity contribution is 7.11. The number of rotatable bonds is 2. The molecule has 1 aromatic heterocycles. The molecule has 0 saturated heterocycles. The van der Waals surface area contributed by atoms with Gasteiger partial charge in [-0.05, 0) is 11.6 Å². The van der Waals surface area contributed by atoms with Gasteiger partial charge in [0.05, 0.1) is 0 Å². The fourth-order valence-electron chi connectivity index (χ4n) is 3.12. The lowest BCUT2D eigenvalue weighted by molar-refractivity contribution is -0.137. The predicted octanol–water partition coefficient (Wildman–Crippen LogP) is 4.59. The molecule has 0 unspecified atom stereocenters. The van der Waals surface area contributed by atoms with E-state index in [0.717, 1.165) is 5.56 Å². The van der Waals surface area contributed by atoms with Crippen LogP contribution in [0.5, 0.6) is 0 Å². The zero-order chi connectivity index (χ0) is 16.8. The molecule has 0 spiro atoms. The van der Waals surface area contributed by atoms with Crippen LogP contribution in [0.3, 0.4) is 0 Å². The number of nitrogens with zero attached hydrogens (tertiary/aromatic N) is 2. The standard InChI is InChI=1S/C16H16F4N2S/c1-15(2)9-22(8-11-12(15)4-3-5-13(11)17)7-10-6-21-14(23-10)16(18,19)20/h3-6H,7-9H2,1-2H3. The van der Waals surface area contributed by atoms with Gasteiger partial charge in [-0.1, -0.05) is 26.0 Å². The van der Waals surface area contributed by atoms with Gasteiger partial charge in [0.2, 0.25) is 0 Å². The van der Waals surface area contributed by atoms with E-state index in [0.29, 0.717) is 41.4 Å². The van der Waals surface area contributed by atoms with Gasteiger partial charge in [0.1, 0.15) is 5.82 Å². The molecule has 1 aromatic carbocycles. The highest BCUT2D eigenvalue weighted by Gasteiger charge is 2.36. The molecule has 2 heterocycles. The van der Waals surface area contributed by atoms with Crippen molar-refractivity contribution in [1.29, 1.82) is 0 Å². The summed E-state index contributed by atoms with van der Waals surface area (Å²) in [5.74, 6) is -0.263. The Morgan fingerprint density at radius 1 is 1.30 bits per heavy atom. The summed E-state index contributed by atoms with van der Waals surface area (Å²) in [4.78, 5) is 5.95. The molecule has 124 valence electrons. The normalized spacial score (nSPS) is 18.0. The molecule has 3 rings (SSSR count). The number of alkyl halides is 3. The predicted molar refractivity (Wildman–Crippen MR) is 80.7 cm³/mol. The summed E-state index contributed by atoms with van der Waals surface area (Å²) >= 11 is 0.648. The van der Waals surface area contributed by atoms with E-state index in [2.05, 4.69) is 4.98 Å². The van der Waals surface area contributed by atoms with Gasteiger partial charge in [-0.3, -0.25) is 4.90 Å². The van der Waals surface area contributed by atoms with E-state index >= 15 is 0 Å². The van der Waals surface area contributed by atoms with E-state index < -0.39 is 11.2 Å². The van der Waals surface area contributed by atoms with Crippen molar-refractivity contribution in [2.24, 2.45) is 0 Å². The molecule has 1 aliphatic heterocycles. The van der Waals surface area contributed by atoms with Crippen LogP contribution in [0.2, 0.25) is 0 Å². The number of benzene rings is 1. The van der Waals surface area contributed by atoms with Crippen LogP contribution in [0.25, 0.3) is 0 Å². The van der Waals surface area contributed by atoms with E-state index in [1.54, 1.807) is 6.07 Å². The average molecular weight is 344 g/mol. The Morgan fingerprint density at radius 3 is 2.70 bits per heavy atom. The molecule has 0 saturated carbocycles. The van der Waals surface area contributed by atoms with Gasteiger partial charge in [0, 0.05) is 41.7 Å². The summed E-state index contributed by atoms with van der Waals surface area (Å²) in [6.45, 7) is 5.43. The maximum absolute atomic E-state index is 14.1. The number of hydrogen-bond acceptors (Lipinski definition) is 3. The van der Waals surface area contributed by atoms with Gasteiger partial charge in [0.15, 0.2) is 5.01 Å². The van der Waals surface area contributed by atoms with Crippen LogP contribution in [0.4, 0.5) is 17.6 Å². The summed E-state index contributed by atoms with van der Waals surface area (Å²) in [6.07, 6.45) is -3.15. The maximum Gasteiger partial charge on any atom is 0.443 e. The first kappa shape index (κ1) is 16.4. The topological polar surface area (TPSA) is 16.1 Å². The molecular weight excluding hydrogens is 328 g/mol. The number of aromatic nitrogens is 1. The lowest BCUT2D eigenvalue weighted by atomic mass is 9.78. The van der Waals surface area contributed by atoms with Crippen LogP contribution in [-0.2, 0) is 24.7 Å². The first-order chi connectivity index (χ1) is 10.7. The molecule has 1 aliphatic rings. The molecule has 0 amide bonds. The maximum atomic E-state index is 14.1. The van der Waals surface area contributed by atoms with Gasteiger partial charge < -0.3 is 0 Å². The van der Waals surface area contributed by atoms with E-state index in [1.165, 1.54) is 12.3 Å². The zero-order valence-electron chi connectivity index (χ0n) is 12.7. The summed E-state index contributed by atoms with van der Waals surface area (Å²) in [5, 5.41) is -0.838. The van der Waals surface area contributed by atoms with Crippen molar-refractivity contribution in [2.75, 3.05) is 6.54 Å². The Kier molecular flexibility index (Phi) is 3.96. The Hall–Kier alpha value is -1.47. The molecule has 0 atom stereocenters. The Bertz CT molecular complexity index is 721. The van der Waals surface area contributed by atoms with Crippen molar-refractivity contribution >= 4 is 11.3 Å². The molecule has 0 fully saturated rings. The van der Waals surface area contributed by atoms with Crippen LogP contribution in [-0.4, -0.2) is 16.4 Å². The van der Waals surface area contributed by atoms with Crippen LogP contribution < -0.4 is 0 Å². The molecule has 2 aromatic rings. The van der Waals surface area contributed by atoms with Crippen molar-refractivity contribution < 1.29 is 17.6 Å². The van der Waals surface area contributed by atoms with E-state index in [4.69, 9.17) is 0 Å². The lowest BCUT2D eigenvalue weighted by Gasteiger charge is -2.39. The summed E-state index contributed by atoms with van der Waals surface area (Å²) in [5.41, 5.74) is 1.34. The molecule has 0 radical (unpaired) electrons. The van der Waals surface area contributed by atoms with Crippen LogP contribution in [0.1, 0.15) is 34.9 Å². The Balaban J connectivity index is 1.83. The number of hydrogen-bond donors (Lipinski definition) is 0. The first-order valence-electron chi connectivity index (χ1n) is 7.19. The number of halogens is 4. The van der Waals surface area contributed by atoms with Gasteiger partial charge in [-0.2, -0.15) is 13.2 Å². The first-order valence-corrected chi connectivity index (χ1v) is 8.00. The second-order valence-corrected chi connectivity index (χ2v) is 7.54. The van der Waals surface area contributed by atoms with E-state index in [1.807, 2.05) is 24.8 Å². The van der Waals surface area contributed by atoms with Crippen molar-refractivity contribution in [2.45, 2.75) is 38.5 Å². The van der Waals surface area contributed by atoms with Crippen LogP contribution in [0.15, 0.2) is 24.4 Å². The molecule has 7 heteroatoms. The quantitative estimate of drug-likeness (QED) is 0.741. The summed E-state index contributed by atoms with van der Waals surface area (Å²) in [7, 11) is 0. The van der Waals surface area contributed by atoms with E-state index in [9.17, 15) is 17.6 Å². The summed E-state index contributed by atoms with van der Waals surface area (Å²) in [6, 6.07) is 5.04. The van der Waals surface area contributed by atoms with Gasteiger partial charge in [-0.25, -0.2) is 9.37 Å².